The SMILES string of the molecule is Cn1nc(-c2ccc(Br)cc2)cc(N)c1=O. The Morgan fingerprint density at radius 2 is 1.94 bits per heavy atom. The van der Waals surface area contributed by atoms with Crippen LogP contribution in [0.15, 0.2) is 39.6 Å². The summed E-state index contributed by atoms with van der Waals surface area (Å²) in [5.74, 6) is 0. The number of halogens is 1. The molecule has 16 heavy (non-hydrogen) atoms. The maximum atomic E-state index is 11.4. The molecule has 0 spiro atoms. The van der Waals surface area contributed by atoms with Crippen LogP contribution in [-0.4, -0.2) is 9.78 Å². The molecule has 0 bridgehead atoms. The molecule has 82 valence electrons. The van der Waals surface area contributed by atoms with Crippen LogP contribution >= 0.6 is 15.9 Å². The second-order valence-corrected chi connectivity index (χ2v) is 4.34. The van der Waals surface area contributed by atoms with Crippen LogP contribution in [-0.2, 0) is 7.05 Å². The molecule has 1 aromatic carbocycles. The fraction of sp³-hybridized carbons (Fsp3) is 0.0909. The molecule has 1 aromatic heterocycles. The number of nitrogens with zero attached hydrogens (tertiary/aromatic N) is 2. The Hall–Kier alpha value is -1.62. The number of nitrogens with two attached hydrogens (primary N) is 1. The van der Waals surface area contributed by atoms with Crippen LogP contribution < -0.4 is 11.3 Å². The predicted octanol–water partition coefficient (Wildman–Crippen LogP) is 1.79. The topological polar surface area (TPSA) is 60.9 Å². The van der Waals surface area contributed by atoms with Crippen LogP contribution in [0.1, 0.15) is 0 Å². The van der Waals surface area contributed by atoms with Gasteiger partial charge in [-0.05, 0) is 18.2 Å². The first-order valence-electron chi connectivity index (χ1n) is 4.67. The van der Waals surface area contributed by atoms with Crippen LogP contribution in [0.2, 0.25) is 0 Å². The Morgan fingerprint density at radius 3 is 2.50 bits per heavy atom. The highest BCUT2D eigenvalue weighted by Gasteiger charge is 2.04. The van der Waals surface area contributed by atoms with E-state index in [-0.39, 0.29) is 11.2 Å². The summed E-state index contributed by atoms with van der Waals surface area (Å²) in [5, 5.41) is 4.14. The van der Waals surface area contributed by atoms with Crippen LogP contribution in [0.4, 0.5) is 5.69 Å². The third-order valence-electron chi connectivity index (χ3n) is 2.23. The second kappa shape index (κ2) is 4.09. The third-order valence-corrected chi connectivity index (χ3v) is 2.76. The molecule has 2 aromatic rings. The Kier molecular flexibility index (Phi) is 2.78. The molecule has 0 saturated heterocycles. The number of nitrogen functional groups attached to an aromatic ring is 1. The molecule has 2 rings (SSSR count). The highest BCUT2D eigenvalue weighted by atomic mass is 79.9. The lowest BCUT2D eigenvalue weighted by Gasteiger charge is -2.04. The molecule has 2 N–H and O–H groups in total. The summed E-state index contributed by atoms with van der Waals surface area (Å²) < 4.78 is 2.24. The zero-order chi connectivity index (χ0) is 11.7. The third kappa shape index (κ3) is 1.99. The van der Waals surface area contributed by atoms with Gasteiger partial charge in [-0.3, -0.25) is 4.79 Å². The lowest BCUT2D eigenvalue weighted by molar-refractivity contribution is 0.715. The van der Waals surface area contributed by atoms with Crippen molar-refractivity contribution in [2.75, 3.05) is 5.73 Å². The molecular weight excluding hydrogens is 270 g/mol. The number of aromatic nitrogens is 2. The molecule has 0 atom stereocenters. The van der Waals surface area contributed by atoms with Gasteiger partial charge in [-0.1, -0.05) is 28.1 Å². The van der Waals surface area contributed by atoms with Crippen molar-refractivity contribution in [1.29, 1.82) is 0 Å². The molecule has 0 radical (unpaired) electrons. The van der Waals surface area contributed by atoms with Crippen LogP contribution in [0.3, 0.4) is 0 Å². The predicted molar refractivity (Wildman–Crippen MR) is 67.0 cm³/mol. The first-order valence-corrected chi connectivity index (χ1v) is 5.47. The summed E-state index contributed by atoms with van der Waals surface area (Å²) in [6, 6.07) is 9.24. The Labute approximate surface area is 101 Å². The van der Waals surface area contributed by atoms with Crippen molar-refractivity contribution in [2.24, 2.45) is 7.05 Å². The molecule has 0 saturated carbocycles. The number of aryl methyl sites for hydroxylation is 1. The first kappa shape index (κ1) is 10.9. The lowest BCUT2D eigenvalue weighted by atomic mass is 10.1. The Balaban J connectivity index is 2.57. The molecule has 5 heteroatoms. The van der Waals surface area contributed by atoms with Crippen LogP contribution in [0.5, 0.6) is 0 Å². The van der Waals surface area contributed by atoms with Gasteiger partial charge < -0.3 is 5.73 Å². The van der Waals surface area contributed by atoms with Crippen molar-refractivity contribution in [2.45, 2.75) is 0 Å². The van der Waals surface area contributed by atoms with Gasteiger partial charge in [-0.2, -0.15) is 5.10 Å². The van der Waals surface area contributed by atoms with E-state index in [0.29, 0.717) is 5.69 Å². The molecule has 0 amide bonds. The molecule has 1 heterocycles. The highest BCUT2D eigenvalue weighted by molar-refractivity contribution is 9.10. The van der Waals surface area contributed by atoms with Gasteiger partial charge in [0.1, 0.15) is 5.69 Å². The quantitative estimate of drug-likeness (QED) is 0.866. The minimum Gasteiger partial charge on any atom is -0.394 e. The fourth-order valence-electron chi connectivity index (χ4n) is 1.39. The summed E-state index contributed by atoms with van der Waals surface area (Å²) >= 11 is 3.36. The van der Waals surface area contributed by atoms with Gasteiger partial charge in [0.15, 0.2) is 0 Å². The molecule has 0 unspecified atom stereocenters. The van der Waals surface area contributed by atoms with Crippen molar-refractivity contribution in [1.82, 2.24) is 9.78 Å². The van der Waals surface area contributed by atoms with E-state index < -0.39 is 0 Å². The largest absolute Gasteiger partial charge is 0.394 e. The Bertz CT molecular complexity index is 549. The minimum absolute atomic E-state index is 0.204. The highest BCUT2D eigenvalue weighted by Crippen LogP contribution is 2.19. The molecule has 0 fully saturated rings. The van der Waals surface area contributed by atoms with E-state index in [2.05, 4.69) is 21.0 Å². The van der Waals surface area contributed by atoms with Crippen molar-refractivity contribution in [3.8, 4) is 11.3 Å². The fourth-order valence-corrected chi connectivity index (χ4v) is 1.66. The smallest absolute Gasteiger partial charge is 0.289 e. The van der Waals surface area contributed by atoms with Crippen LogP contribution in [0.25, 0.3) is 11.3 Å². The second-order valence-electron chi connectivity index (χ2n) is 3.42. The van der Waals surface area contributed by atoms with E-state index in [1.54, 1.807) is 13.1 Å². The number of hydrogen-bond acceptors (Lipinski definition) is 3. The monoisotopic (exact) mass is 279 g/mol. The van der Waals surface area contributed by atoms with Gasteiger partial charge >= 0.3 is 0 Å². The average Bonchev–Trinajstić information content (AvgIpc) is 2.26. The Morgan fingerprint density at radius 1 is 1.31 bits per heavy atom. The number of hydrogen-bond donors (Lipinski definition) is 1. The average molecular weight is 280 g/mol. The van der Waals surface area contributed by atoms with E-state index >= 15 is 0 Å². The maximum Gasteiger partial charge on any atom is 0.289 e. The van der Waals surface area contributed by atoms with Crippen molar-refractivity contribution >= 4 is 21.6 Å². The van der Waals surface area contributed by atoms with Crippen molar-refractivity contribution in [3.05, 3.63) is 45.2 Å². The standard InChI is InChI=1S/C11H10BrN3O/c1-15-11(16)9(13)6-10(14-15)7-2-4-8(12)5-3-7/h2-6H,13H2,1H3. The lowest BCUT2D eigenvalue weighted by Crippen LogP contribution is -2.22. The van der Waals surface area contributed by atoms with E-state index in [1.807, 2.05) is 24.3 Å². The summed E-state index contributed by atoms with van der Waals surface area (Å²) in [5.41, 5.74) is 7.14. The maximum absolute atomic E-state index is 11.4. The number of rotatable bonds is 1. The van der Waals surface area contributed by atoms with Gasteiger partial charge in [0, 0.05) is 17.1 Å². The summed E-state index contributed by atoms with van der Waals surface area (Å²) in [6.07, 6.45) is 0. The molecule has 0 aliphatic rings. The van der Waals surface area contributed by atoms with Gasteiger partial charge in [0.2, 0.25) is 0 Å². The van der Waals surface area contributed by atoms with Crippen molar-refractivity contribution in [3.63, 3.8) is 0 Å². The number of benzene rings is 1. The molecule has 4 nitrogen and oxygen atoms in total. The number of anilines is 1. The van der Waals surface area contributed by atoms with Gasteiger partial charge in [0.25, 0.3) is 5.56 Å². The normalized spacial score (nSPS) is 10.4. The van der Waals surface area contributed by atoms with Gasteiger partial charge in [-0.15, -0.1) is 0 Å². The van der Waals surface area contributed by atoms with E-state index in [0.717, 1.165) is 10.0 Å². The molecule has 0 aliphatic carbocycles. The summed E-state index contributed by atoms with van der Waals surface area (Å²) in [4.78, 5) is 11.4. The summed E-state index contributed by atoms with van der Waals surface area (Å²) in [7, 11) is 1.58. The minimum atomic E-state index is -0.277. The van der Waals surface area contributed by atoms with E-state index in [1.165, 1.54) is 4.68 Å². The zero-order valence-electron chi connectivity index (χ0n) is 8.64. The van der Waals surface area contributed by atoms with Gasteiger partial charge in [-0.25, -0.2) is 4.68 Å². The van der Waals surface area contributed by atoms with Crippen LogP contribution in [0, 0.1) is 0 Å². The summed E-state index contributed by atoms with van der Waals surface area (Å²) in [6.45, 7) is 0. The van der Waals surface area contributed by atoms with E-state index in [9.17, 15) is 4.79 Å². The molecular formula is C11H10BrN3O. The van der Waals surface area contributed by atoms with Crippen molar-refractivity contribution < 1.29 is 0 Å². The van der Waals surface area contributed by atoms with Gasteiger partial charge in [0.05, 0.1) is 5.69 Å². The molecule has 0 aliphatic heterocycles. The van der Waals surface area contributed by atoms with E-state index in [4.69, 9.17) is 5.73 Å². The zero-order valence-corrected chi connectivity index (χ0v) is 10.2. The first-order chi connectivity index (χ1) is 7.58.